The summed E-state index contributed by atoms with van der Waals surface area (Å²) in [6.07, 6.45) is 4.99. The molecule has 0 aliphatic carbocycles. The van der Waals surface area contributed by atoms with Gasteiger partial charge in [0.2, 0.25) is 0 Å². The van der Waals surface area contributed by atoms with Crippen molar-refractivity contribution in [1.82, 2.24) is 10.3 Å². The summed E-state index contributed by atoms with van der Waals surface area (Å²) in [5.41, 5.74) is 1.22. The SMILES string of the molecule is C=CCN(CCC)c1ccc(CNC(C)C)cn1. The van der Waals surface area contributed by atoms with E-state index in [-0.39, 0.29) is 0 Å². The molecule has 0 radical (unpaired) electrons. The molecule has 1 N–H and O–H groups in total. The zero-order valence-electron chi connectivity index (χ0n) is 11.8. The van der Waals surface area contributed by atoms with Crippen molar-refractivity contribution in [3.8, 4) is 0 Å². The minimum Gasteiger partial charge on any atom is -0.353 e. The van der Waals surface area contributed by atoms with E-state index in [1.54, 1.807) is 0 Å². The number of anilines is 1. The van der Waals surface area contributed by atoms with Crippen molar-refractivity contribution >= 4 is 5.82 Å². The van der Waals surface area contributed by atoms with Gasteiger partial charge in [0.25, 0.3) is 0 Å². The van der Waals surface area contributed by atoms with Crippen molar-refractivity contribution in [2.24, 2.45) is 0 Å². The predicted octanol–water partition coefficient (Wildman–Crippen LogP) is 2.98. The highest BCUT2D eigenvalue weighted by molar-refractivity contribution is 5.40. The molecule has 1 aromatic rings. The van der Waals surface area contributed by atoms with Gasteiger partial charge in [-0.1, -0.05) is 32.9 Å². The van der Waals surface area contributed by atoms with E-state index in [2.05, 4.69) is 54.7 Å². The number of pyridine rings is 1. The topological polar surface area (TPSA) is 28.2 Å². The van der Waals surface area contributed by atoms with E-state index >= 15 is 0 Å². The maximum Gasteiger partial charge on any atom is 0.128 e. The van der Waals surface area contributed by atoms with Crippen LogP contribution in [0.25, 0.3) is 0 Å². The van der Waals surface area contributed by atoms with Gasteiger partial charge in [0, 0.05) is 31.9 Å². The van der Waals surface area contributed by atoms with Crippen LogP contribution in [0.4, 0.5) is 5.82 Å². The summed E-state index contributed by atoms with van der Waals surface area (Å²) in [4.78, 5) is 6.78. The quantitative estimate of drug-likeness (QED) is 0.716. The van der Waals surface area contributed by atoms with Crippen LogP contribution in [-0.2, 0) is 6.54 Å². The van der Waals surface area contributed by atoms with Gasteiger partial charge in [0.05, 0.1) is 0 Å². The Bertz CT molecular complexity index is 343. The van der Waals surface area contributed by atoms with E-state index in [0.717, 1.165) is 31.9 Å². The minimum atomic E-state index is 0.502. The first-order valence-corrected chi connectivity index (χ1v) is 6.71. The third kappa shape index (κ3) is 4.88. The fraction of sp³-hybridized carbons (Fsp3) is 0.533. The van der Waals surface area contributed by atoms with Crippen LogP contribution in [0.3, 0.4) is 0 Å². The van der Waals surface area contributed by atoms with Crippen molar-refractivity contribution < 1.29 is 0 Å². The molecule has 100 valence electrons. The monoisotopic (exact) mass is 247 g/mol. The normalized spacial score (nSPS) is 10.7. The molecule has 0 spiro atoms. The Morgan fingerprint density at radius 1 is 1.44 bits per heavy atom. The highest BCUT2D eigenvalue weighted by atomic mass is 15.2. The second-order valence-electron chi connectivity index (χ2n) is 4.79. The first-order chi connectivity index (χ1) is 8.67. The molecule has 1 rings (SSSR count). The van der Waals surface area contributed by atoms with Crippen molar-refractivity contribution in [3.05, 3.63) is 36.5 Å². The van der Waals surface area contributed by atoms with Gasteiger partial charge < -0.3 is 10.2 Å². The first kappa shape index (κ1) is 14.7. The molecule has 18 heavy (non-hydrogen) atoms. The molecule has 0 bridgehead atoms. The third-order valence-corrected chi connectivity index (χ3v) is 2.69. The van der Waals surface area contributed by atoms with E-state index in [1.807, 2.05) is 12.3 Å². The van der Waals surface area contributed by atoms with E-state index < -0.39 is 0 Å². The molecule has 0 aliphatic rings. The lowest BCUT2D eigenvalue weighted by Crippen LogP contribution is -2.25. The Balaban J connectivity index is 2.64. The molecule has 0 atom stereocenters. The summed E-state index contributed by atoms with van der Waals surface area (Å²) in [6.45, 7) is 13.0. The summed E-state index contributed by atoms with van der Waals surface area (Å²) in [5, 5.41) is 3.39. The lowest BCUT2D eigenvalue weighted by atomic mass is 10.2. The maximum atomic E-state index is 4.53. The number of nitrogens with zero attached hydrogens (tertiary/aromatic N) is 2. The zero-order valence-corrected chi connectivity index (χ0v) is 11.8. The van der Waals surface area contributed by atoms with Gasteiger partial charge in [-0.05, 0) is 18.1 Å². The summed E-state index contributed by atoms with van der Waals surface area (Å²) >= 11 is 0. The Morgan fingerprint density at radius 3 is 2.72 bits per heavy atom. The highest BCUT2D eigenvalue weighted by Gasteiger charge is 2.05. The van der Waals surface area contributed by atoms with Crippen LogP contribution >= 0.6 is 0 Å². The zero-order chi connectivity index (χ0) is 13.4. The first-order valence-electron chi connectivity index (χ1n) is 6.71. The number of nitrogens with one attached hydrogen (secondary N) is 1. The van der Waals surface area contributed by atoms with Crippen LogP contribution in [0.1, 0.15) is 32.8 Å². The van der Waals surface area contributed by atoms with Gasteiger partial charge in [-0.2, -0.15) is 0 Å². The highest BCUT2D eigenvalue weighted by Crippen LogP contribution is 2.12. The molecule has 0 aromatic carbocycles. The minimum absolute atomic E-state index is 0.502. The van der Waals surface area contributed by atoms with Crippen molar-refractivity contribution in [2.45, 2.75) is 39.8 Å². The van der Waals surface area contributed by atoms with E-state index in [9.17, 15) is 0 Å². The molecule has 0 unspecified atom stereocenters. The number of hydrogen-bond acceptors (Lipinski definition) is 3. The van der Waals surface area contributed by atoms with Gasteiger partial charge in [-0.25, -0.2) is 4.98 Å². The fourth-order valence-electron chi connectivity index (χ4n) is 1.76. The van der Waals surface area contributed by atoms with E-state index in [1.165, 1.54) is 5.56 Å². The number of aromatic nitrogens is 1. The second-order valence-corrected chi connectivity index (χ2v) is 4.79. The maximum absolute atomic E-state index is 4.53. The molecule has 0 aliphatic heterocycles. The van der Waals surface area contributed by atoms with Crippen molar-refractivity contribution in [3.63, 3.8) is 0 Å². The van der Waals surface area contributed by atoms with Crippen LogP contribution in [0.5, 0.6) is 0 Å². The van der Waals surface area contributed by atoms with Gasteiger partial charge in [0.15, 0.2) is 0 Å². The number of rotatable bonds is 8. The van der Waals surface area contributed by atoms with Crippen LogP contribution in [-0.4, -0.2) is 24.1 Å². The predicted molar refractivity (Wildman–Crippen MR) is 78.9 cm³/mol. The fourth-order valence-corrected chi connectivity index (χ4v) is 1.76. The van der Waals surface area contributed by atoms with E-state index in [4.69, 9.17) is 0 Å². The molecule has 3 nitrogen and oxygen atoms in total. The Morgan fingerprint density at radius 2 is 2.22 bits per heavy atom. The average molecular weight is 247 g/mol. The Hall–Kier alpha value is -1.35. The average Bonchev–Trinajstić information content (AvgIpc) is 2.37. The smallest absolute Gasteiger partial charge is 0.128 e. The molecule has 1 heterocycles. The van der Waals surface area contributed by atoms with Crippen LogP contribution in [0.15, 0.2) is 31.0 Å². The molecule has 3 heteroatoms. The van der Waals surface area contributed by atoms with Gasteiger partial charge in [-0.15, -0.1) is 6.58 Å². The number of hydrogen-bond donors (Lipinski definition) is 1. The molecule has 1 aromatic heterocycles. The molecule has 0 fully saturated rings. The third-order valence-electron chi connectivity index (χ3n) is 2.69. The Kier molecular flexibility index (Phi) is 6.44. The molecule has 0 amide bonds. The van der Waals surface area contributed by atoms with Crippen LogP contribution in [0.2, 0.25) is 0 Å². The lowest BCUT2D eigenvalue weighted by molar-refractivity contribution is 0.588. The van der Waals surface area contributed by atoms with Gasteiger partial charge >= 0.3 is 0 Å². The van der Waals surface area contributed by atoms with Gasteiger partial charge in [0.1, 0.15) is 5.82 Å². The van der Waals surface area contributed by atoms with E-state index in [0.29, 0.717) is 6.04 Å². The van der Waals surface area contributed by atoms with Crippen molar-refractivity contribution in [1.29, 1.82) is 0 Å². The summed E-state index contributed by atoms with van der Waals surface area (Å²) in [7, 11) is 0. The summed E-state index contributed by atoms with van der Waals surface area (Å²) in [5.74, 6) is 1.03. The standard InChI is InChI=1S/C15H25N3/c1-5-9-18(10-6-2)15-8-7-14(12-17-15)11-16-13(3)4/h5,7-8,12-13,16H,1,6,9-11H2,2-4H3. The Labute approximate surface area is 111 Å². The molecule has 0 saturated carbocycles. The molecule has 0 saturated heterocycles. The van der Waals surface area contributed by atoms with Gasteiger partial charge in [-0.3, -0.25) is 0 Å². The van der Waals surface area contributed by atoms with Crippen LogP contribution < -0.4 is 10.2 Å². The second kappa shape index (κ2) is 7.88. The lowest BCUT2D eigenvalue weighted by Gasteiger charge is -2.21. The molecular formula is C15H25N3. The summed E-state index contributed by atoms with van der Waals surface area (Å²) in [6, 6.07) is 4.74. The molecular weight excluding hydrogens is 222 g/mol. The largest absolute Gasteiger partial charge is 0.353 e. The summed E-state index contributed by atoms with van der Waals surface area (Å²) < 4.78 is 0. The van der Waals surface area contributed by atoms with Crippen LogP contribution in [0, 0.1) is 0 Å². The van der Waals surface area contributed by atoms with Crippen molar-refractivity contribution in [2.75, 3.05) is 18.0 Å².